The van der Waals surface area contributed by atoms with Crippen molar-refractivity contribution in [3.8, 4) is 0 Å². The number of nitrogens with zero attached hydrogens (tertiary/aromatic N) is 2. The Morgan fingerprint density at radius 2 is 1.74 bits per heavy atom. The van der Waals surface area contributed by atoms with Gasteiger partial charge in [0.05, 0.1) is 16.1 Å². The molecule has 1 aromatic heterocycles. The summed E-state index contributed by atoms with van der Waals surface area (Å²) in [5.74, 6) is -1.10. The fourth-order valence-electron chi connectivity index (χ4n) is 3.90. The Labute approximate surface area is 206 Å². The van der Waals surface area contributed by atoms with Gasteiger partial charge in [-0.1, -0.05) is 39.8 Å². The summed E-state index contributed by atoms with van der Waals surface area (Å²) in [6.45, 7) is 9.80. The number of benzene rings is 2. The highest BCUT2D eigenvalue weighted by atomic mass is 32.2. The van der Waals surface area contributed by atoms with Crippen molar-refractivity contribution in [3.63, 3.8) is 0 Å². The van der Waals surface area contributed by atoms with Crippen LogP contribution in [0.4, 0.5) is 5.69 Å². The molecule has 2 aromatic carbocycles. The quantitative estimate of drug-likeness (QED) is 0.466. The second-order valence-electron chi connectivity index (χ2n) is 8.63. The Morgan fingerprint density at radius 1 is 1.03 bits per heavy atom. The number of sulfonamides is 1. The summed E-state index contributed by atoms with van der Waals surface area (Å²) in [4.78, 5) is 30.7. The molecule has 9 heteroatoms. The predicted molar refractivity (Wildman–Crippen MR) is 138 cm³/mol. The normalized spacial score (nSPS) is 12.7. The molecule has 0 spiro atoms. The molecular weight excluding hydrogens is 464 g/mol. The third kappa shape index (κ3) is 5.68. The lowest BCUT2D eigenvalue weighted by atomic mass is 10.0. The number of hydrogen-bond donors (Lipinski definition) is 2. The number of nitrogens with one attached hydrogen (secondary N) is 2. The minimum atomic E-state index is -3.72. The van der Waals surface area contributed by atoms with Crippen LogP contribution in [-0.4, -0.2) is 48.7 Å². The topological polar surface area (TPSA) is 108 Å². The first-order valence-electron chi connectivity index (χ1n) is 11.7. The van der Waals surface area contributed by atoms with Gasteiger partial charge in [0.2, 0.25) is 15.9 Å². The van der Waals surface area contributed by atoms with Crippen LogP contribution in [0.15, 0.2) is 59.6 Å². The highest BCUT2D eigenvalue weighted by Gasteiger charge is 2.27. The van der Waals surface area contributed by atoms with Crippen LogP contribution in [0.1, 0.15) is 43.6 Å². The fourth-order valence-corrected chi connectivity index (χ4v) is 5.41. The van der Waals surface area contributed by atoms with Crippen LogP contribution in [0.3, 0.4) is 0 Å². The Morgan fingerprint density at radius 3 is 2.40 bits per heavy atom. The molecule has 2 N–H and O–H groups in total. The van der Waals surface area contributed by atoms with Gasteiger partial charge in [0.15, 0.2) is 0 Å². The van der Waals surface area contributed by atoms with Crippen molar-refractivity contribution in [2.24, 2.45) is 5.92 Å². The van der Waals surface area contributed by atoms with Crippen molar-refractivity contribution in [2.75, 3.05) is 18.4 Å². The maximum atomic E-state index is 13.2. The minimum Gasteiger partial charge on any atom is -0.340 e. The molecule has 0 aliphatic heterocycles. The molecule has 0 saturated heterocycles. The molecule has 0 unspecified atom stereocenters. The lowest BCUT2D eigenvalue weighted by molar-refractivity contribution is -0.118. The van der Waals surface area contributed by atoms with Crippen LogP contribution in [0.25, 0.3) is 10.9 Å². The van der Waals surface area contributed by atoms with Crippen molar-refractivity contribution >= 4 is 38.4 Å². The molecule has 35 heavy (non-hydrogen) atoms. The van der Waals surface area contributed by atoms with Crippen molar-refractivity contribution < 1.29 is 18.0 Å². The summed E-state index contributed by atoms with van der Waals surface area (Å²) >= 11 is 0. The molecule has 0 bridgehead atoms. The van der Waals surface area contributed by atoms with Crippen LogP contribution < -0.4 is 10.6 Å². The Hall–Kier alpha value is -3.30. The zero-order valence-corrected chi connectivity index (χ0v) is 21.5. The Kier molecular flexibility index (Phi) is 8.24. The lowest BCUT2D eigenvalue weighted by Crippen LogP contribution is -2.47. The average molecular weight is 497 g/mol. The SMILES string of the molecule is CCN(CC)S(=O)(=O)c1cccc(C(=O)N[C@@H](C(=O)Nc2ccc(C)c3ncccc23)C(C)C)c1. The van der Waals surface area contributed by atoms with Gasteiger partial charge in [-0.25, -0.2) is 8.42 Å². The number of carbonyl (C=O) groups is 2. The largest absolute Gasteiger partial charge is 0.340 e. The van der Waals surface area contributed by atoms with Crippen LogP contribution in [0.2, 0.25) is 0 Å². The summed E-state index contributed by atoms with van der Waals surface area (Å²) in [7, 11) is -3.72. The maximum absolute atomic E-state index is 13.2. The molecule has 0 aliphatic carbocycles. The number of pyridine rings is 1. The number of anilines is 1. The molecule has 3 aromatic rings. The number of carbonyl (C=O) groups excluding carboxylic acids is 2. The number of hydrogen-bond acceptors (Lipinski definition) is 5. The number of fused-ring (bicyclic) bond motifs is 1. The summed E-state index contributed by atoms with van der Waals surface area (Å²) in [6.07, 6.45) is 1.70. The number of aryl methyl sites for hydroxylation is 1. The van der Waals surface area contributed by atoms with Gasteiger partial charge >= 0.3 is 0 Å². The third-order valence-corrected chi connectivity index (χ3v) is 7.95. The molecule has 1 atom stereocenters. The lowest BCUT2D eigenvalue weighted by Gasteiger charge is -2.23. The molecule has 186 valence electrons. The van der Waals surface area contributed by atoms with Gasteiger partial charge in [-0.2, -0.15) is 4.31 Å². The zero-order valence-electron chi connectivity index (χ0n) is 20.7. The van der Waals surface area contributed by atoms with Crippen LogP contribution >= 0.6 is 0 Å². The standard InChI is InChI=1S/C26H32N4O4S/c1-6-30(7-2)35(33,34)20-11-8-10-19(16-20)25(31)29-23(17(3)4)26(32)28-22-14-13-18(5)24-21(22)12-9-15-27-24/h8-17,23H,6-7H2,1-5H3,(H,28,32)(H,29,31)/t23-/m1/s1. The second-order valence-corrected chi connectivity index (χ2v) is 10.6. The molecule has 0 radical (unpaired) electrons. The maximum Gasteiger partial charge on any atom is 0.251 e. The van der Waals surface area contributed by atoms with E-state index >= 15 is 0 Å². The smallest absolute Gasteiger partial charge is 0.251 e. The van der Waals surface area contributed by atoms with E-state index in [0.717, 1.165) is 16.5 Å². The molecule has 3 rings (SSSR count). The van der Waals surface area contributed by atoms with Gasteiger partial charge in [0.25, 0.3) is 5.91 Å². The number of rotatable bonds is 9. The Bertz CT molecular complexity index is 1330. The van der Waals surface area contributed by atoms with Gasteiger partial charge in [0.1, 0.15) is 6.04 Å². The number of amides is 2. The molecule has 8 nitrogen and oxygen atoms in total. The van der Waals surface area contributed by atoms with Crippen molar-refractivity contribution in [3.05, 3.63) is 65.9 Å². The average Bonchev–Trinajstić information content (AvgIpc) is 2.84. The van der Waals surface area contributed by atoms with Gasteiger partial charge < -0.3 is 10.6 Å². The first-order valence-corrected chi connectivity index (χ1v) is 13.1. The van der Waals surface area contributed by atoms with Crippen molar-refractivity contribution in [1.82, 2.24) is 14.6 Å². The molecule has 0 saturated carbocycles. The Balaban J connectivity index is 1.84. The van der Waals surface area contributed by atoms with Crippen LogP contribution in [-0.2, 0) is 14.8 Å². The molecule has 0 aliphatic rings. The van der Waals surface area contributed by atoms with Gasteiger partial charge in [-0.3, -0.25) is 14.6 Å². The summed E-state index contributed by atoms with van der Waals surface area (Å²) in [5, 5.41) is 6.50. The fraction of sp³-hybridized carbons (Fsp3) is 0.346. The van der Waals surface area contributed by atoms with E-state index in [2.05, 4.69) is 15.6 Å². The van der Waals surface area contributed by atoms with Crippen molar-refractivity contribution in [2.45, 2.75) is 45.6 Å². The first-order chi connectivity index (χ1) is 16.6. The van der Waals surface area contributed by atoms with E-state index in [4.69, 9.17) is 0 Å². The van der Waals surface area contributed by atoms with Gasteiger partial charge in [-0.05, 0) is 54.8 Å². The monoisotopic (exact) mass is 496 g/mol. The van der Waals surface area contributed by atoms with E-state index in [1.165, 1.54) is 28.6 Å². The first kappa shape index (κ1) is 26.3. The van der Waals surface area contributed by atoms with E-state index in [0.29, 0.717) is 18.8 Å². The predicted octanol–water partition coefficient (Wildman–Crippen LogP) is 3.97. The zero-order chi connectivity index (χ0) is 25.8. The summed E-state index contributed by atoms with van der Waals surface area (Å²) in [6, 6.07) is 12.4. The minimum absolute atomic E-state index is 0.0398. The number of aromatic nitrogens is 1. The van der Waals surface area contributed by atoms with E-state index in [-0.39, 0.29) is 22.3 Å². The highest BCUT2D eigenvalue weighted by molar-refractivity contribution is 7.89. The molecule has 1 heterocycles. The van der Waals surface area contributed by atoms with E-state index < -0.39 is 22.0 Å². The van der Waals surface area contributed by atoms with E-state index in [9.17, 15) is 18.0 Å². The third-order valence-electron chi connectivity index (χ3n) is 5.90. The van der Waals surface area contributed by atoms with Gasteiger partial charge in [-0.15, -0.1) is 0 Å². The van der Waals surface area contributed by atoms with Crippen molar-refractivity contribution in [1.29, 1.82) is 0 Å². The second kappa shape index (κ2) is 11.0. The van der Waals surface area contributed by atoms with Crippen LogP contribution in [0, 0.1) is 12.8 Å². The highest BCUT2D eigenvalue weighted by Crippen LogP contribution is 2.25. The van der Waals surface area contributed by atoms with E-state index in [1.54, 1.807) is 26.1 Å². The summed E-state index contributed by atoms with van der Waals surface area (Å²) in [5.41, 5.74) is 2.56. The molecule has 2 amide bonds. The molecular formula is C26H32N4O4S. The van der Waals surface area contributed by atoms with Crippen LogP contribution in [0.5, 0.6) is 0 Å². The van der Waals surface area contributed by atoms with Gasteiger partial charge in [0, 0.05) is 30.2 Å². The molecule has 0 fully saturated rings. The summed E-state index contributed by atoms with van der Waals surface area (Å²) < 4.78 is 27.1. The van der Waals surface area contributed by atoms with E-state index in [1.807, 2.05) is 39.0 Å².